The fraction of sp³-hybridized carbons (Fsp3) is 0.473. The van der Waals surface area contributed by atoms with Crippen LogP contribution in [-0.4, -0.2) is 92.9 Å². The maximum atomic E-state index is 11.9. The molecular formula is C55H67ClN14O4. The Morgan fingerprint density at radius 2 is 1.28 bits per heavy atom. The van der Waals surface area contributed by atoms with Crippen LogP contribution in [0.25, 0.3) is 43.9 Å². The van der Waals surface area contributed by atoms with Gasteiger partial charge in [0, 0.05) is 102 Å². The van der Waals surface area contributed by atoms with Gasteiger partial charge in [-0.05, 0) is 107 Å². The minimum Gasteiger partial charge on any atom is -0.481 e. The van der Waals surface area contributed by atoms with E-state index in [1.165, 1.54) is 31.2 Å². The lowest BCUT2D eigenvalue weighted by atomic mass is 9.87. The van der Waals surface area contributed by atoms with Gasteiger partial charge in [0.1, 0.15) is 27.9 Å². The van der Waals surface area contributed by atoms with Crippen LogP contribution in [0.1, 0.15) is 121 Å². The molecule has 0 spiro atoms. The number of ether oxygens (including phenoxy) is 3. The van der Waals surface area contributed by atoms with E-state index in [9.17, 15) is 4.79 Å². The van der Waals surface area contributed by atoms with Crippen LogP contribution in [0.3, 0.4) is 0 Å². The Hall–Kier alpha value is -6.92. The van der Waals surface area contributed by atoms with Crippen LogP contribution in [0.4, 0.5) is 22.5 Å². The highest BCUT2D eigenvalue weighted by atomic mass is 35.5. The molecule has 19 heteroatoms. The zero-order valence-electron chi connectivity index (χ0n) is 43.5. The molecule has 8 aromatic rings. The summed E-state index contributed by atoms with van der Waals surface area (Å²) in [4.78, 5) is 49.9. The monoisotopic (exact) mass is 1020 g/mol. The highest BCUT2D eigenvalue weighted by Gasteiger charge is 2.29. The molecule has 2 aliphatic heterocycles. The highest BCUT2D eigenvalue weighted by molar-refractivity contribution is 6.29. The van der Waals surface area contributed by atoms with Gasteiger partial charge >= 0.3 is 6.09 Å². The maximum absolute atomic E-state index is 11.9. The Morgan fingerprint density at radius 1 is 0.703 bits per heavy atom. The van der Waals surface area contributed by atoms with Crippen molar-refractivity contribution in [3.63, 3.8) is 0 Å². The largest absolute Gasteiger partial charge is 0.481 e. The molecule has 4 aliphatic rings. The Morgan fingerprint density at radius 3 is 1.89 bits per heavy atom. The van der Waals surface area contributed by atoms with Gasteiger partial charge in [0.05, 0.1) is 44.2 Å². The summed E-state index contributed by atoms with van der Waals surface area (Å²) < 4.78 is 20.7. The molecule has 1 amide bonds. The van der Waals surface area contributed by atoms with Gasteiger partial charge < -0.3 is 44.6 Å². The second-order valence-electron chi connectivity index (χ2n) is 21.2. The summed E-state index contributed by atoms with van der Waals surface area (Å²) in [5.41, 5.74) is 13.8. The Labute approximate surface area is 436 Å². The molecule has 0 saturated heterocycles. The first kappa shape index (κ1) is 50.6. The quantitative estimate of drug-likeness (QED) is 0.132. The van der Waals surface area contributed by atoms with Gasteiger partial charge in [0.15, 0.2) is 0 Å². The number of methoxy groups -OCH3 is 2. The summed E-state index contributed by atoms with van der Waals surface area (Å²) in [5.74, 6) is 4.46. The van der Waals surface area contributed by atoms with E-state index in [0.29, 0.717) is 54.0 Å². The van der Waals surface area contributed by atoms with E-state index in [2.05, 4.69) is 69.6 Å². The van der Waals surface area contributed by atoms with Crippen molar-refractivity contribution < 1.29 is 19.0 Å². The predicted octanol–water partition coefficient (Wildman–Crippen LogP) is 10.9. The lowest BCUT2D eigenvalue weighted by Crippen LogP contribution is -2.40. The van der Waals surface area contributed by atoms with Crippen molar-refractivity contribution in [1.82, 2.24) is 59.2 Å². The van der Waals surface area contributed by atoms with Gasteiger partial charge in [0.25, 0.3) is 0 Å². The molecule has 0 atom stereocenters. The first-order valence-electron chi connectivity index (χ1n) is 26.0. The van der Waals surface area contributed by atoms with Gasteiger partial charge in [-0.3, -0.25) is 0 Å². The summed E-state index contributed by atoms with van der Waals surface area (Å²) in [7, 11) is 3.28. The molecule has 18 nitrogen and oxygen atoms in total. The number of anilines is 3. The smallest absolute Gasteiger partial charge is 0.410 e. The SMILES string of the molecule is CC(C)(C)OC(=O)N1CCc2nc(Cl)ccc2C1.COc1cc2c3cnc(N)nc3n(C3CCC(C)CC3)c2cn1.COc1cc2c3cnc(Nc4ccc5c(n4)CCNC5)nc3n(C3CCC(C)CC3)c2cn1. The zero-order chi connectivity index (χ0) is 51.7. The van der Waals surface area contributed by atoms with E-state index in [4.69, 9.17) is 41.5 Å². The van der Waals surface area contributed by atoms with Crippen LogP contribution in [0, 0.1) is 11.8 Å². The normalized spacial score (nSPS) is 19.7. The topological polar surface area (TPSA) is 211 Å². The van der Waals surface area contributed by atoms with Crippen molar-refractivity contribution >= 4 is 79.3 Å². The van der Waals surface area contributed by atoms with Crippen LogP contribution in [0.5, 0.6) is 11.8 Å². The minimum absolute atomic E-state index is 0.275. The number of nitrogens with one attached hydrogen (secondary N) is 2. The van der Waals surface area contributed by atoms with Crippen molar-refractivity contribution in [3.8, 4) is 11.8 Å². The number of hydrogen-bond donors (Lipinski definition) is 3. The van der Waals surface area contributed by atoms with E-state index < -0.39 is 5.60 Å². The first-order chi connectivity index (χ1) is 35.7. The van der Waals surface area contributed by atoms with E-state index in [-0.39, 0.29) is 6.09 Å². The first-order valence-corrected chi connectivity index (χ1v) is 26.3. The fourth-order valence-corrected chi connectivity index (χ4v) is 11.0. The summed E-state index contributed by atoms with van der Waals surface area (Å²) in [6, 6.07) is 12.6. The number of carbonyl (C=O) groups excluding carboxylic acids is 1. The van der Waals surface area contributed by atoms with Crippen molar-refractivity contribution in [2.45, 2.75) is 130 Å². The Bertz CT molecular complexity index is 3320. The van der Waals surface area contributed by atoms with Crippen LogP contribution in [0.15, 0.2) is 61.2 Å². The number of fused-ring (bicyclic) bond motifs is 8. The zero-order valence-corrected chi connectivity index (χ0v) is 44.2. The third-order valence-corrected chi connectivity index (χ3v) is 15.0. The number of hydrogen-bond acceptors (Lipinski definition) is 15. The molecule has 0 radical (unpaired) electrons. The van der Waals surface area contributed by atoms with Crippen LogP contribution < -0.4 is 25.8 Å². The van der Waals surface area contributed by atoms with Gasteiger partial charge in [0.2, 0.25) is 23.7 Å². The number of carbonyl (C=O) groups is 1. The number of rotatable bonds is 6. The standard InChI is InChI=1S/C25H29N7O.C17H21N5O.C13H17ClN2O2/c1-15-3-6-17(7-4-15)32-21-14-27-23(33-2)11-18(21)19-13-28-25(31-24(19)32)30-22-8-5-16-12-26-10-9-20(16)29-22;1-10-3-5-11(6-4-10)22-14-9-19-15(23-2)7-12(14)13-8-20-17(18)21-16(13)22;1-13(2,3)18-12(17)16-7-6-10-9(8-16)4-5-11(14)15-10/h5,8,11,13-15,17,26H,3-4,6-7,9-10,12H2,1-2H3,(H,28,29,30,31);7-11H,3-6H2,1-2H3,(H2,18,20,21);4-5H,6-8H2,1-3H3. The van der Waals surface area contributed by atoms with Crippen molar-refractivity contribution in [2.75, 3.05) is 38.4 Å². The van der Waals surface area contributed by atoms with Gasteiger partial charge in [-0.2, -0.15) is 9.97 Å². The molecule has 2 aliphatic carbocycles. The lowest BCUT2D eigenvalue weighted by Gasteiger charge is -2.30. The third kappa shape index (κ3) is 11.0. The maximum Gasteiger partial charge on any atom is 0.410 e. The molecule has 12 rings (SSSR count). The average molecular weight is 1020 g/mol. The van der Waals surface area contributed by atoms with Gasteiger partial charge in [-0.1, -0.05) is 37.6 Å². The minimum atomic E-state index is -0.463. The summed E-state index contributed by atoms with van der Waals surface area (Å²) >= 11 is 5.85. The number of nitrogen functional groups attached to an aromatic ring is 1. The molecule has 0 aromatic carbocycles. The summed E-state index contributed by atoms with van der Waals surface area (Å²) in [5, 5.41) is 11.4. The molecular weight excluding hydrogens is 956 g/mol. The molecule has 74 heavy (non-hydrogen) atoms. The average Bonchev–Trinajstić information content (AvgIpc) is 3.90. The van der Waals surface area contributed by atoms with Crippen molar-refractivity contribution in [1.29, 1.82) is 0 Å². The van der Waals surface area contributed by atoms with Crippen LogP contribution in [-0.2, 0) is 30.7 Å². The van der Waals surface area contributed by atoms with E-state index in [1.54, 1.807) is 31.4 Å². The van der Waals surface area contributed by atoms with Crippen molar-refractivity contribution in [2.24, 2.45) is 11.8 Å². The third-order valence-electron chi connectivity index (χ3n) is 14.8. The highest BCUT2D eigenvalue weighted by Crippen LogP contribution is 2.41. The van der Waals surface area contributed by atoms with Crippen molar-refractivity contribution in [3.05, 3.63) is 88.9 Å². The van der Waals surface area contributed by atoms with Crippen LogP contribution >= 0.6 is 11.6 Å². The van der Waals surface area contributed by atoms with E-state index >= 15 is 0 Å². The molecule has 388 valence electrons. The van der Waals surface area contributed by atoms with Gasteiger partial charge in [-0.25, -0.2) is 34.7 Å². The molecule has 2 saturated carbocycles. The molecule has 10 heterocycles. The number of halogens is 1. The summed E-state index contributed by atoms with van der Waals surface area (Å²) in [6.45, 7) is 13.3. The molecule has 0 bridgehead atoms. The molecule has 8 aromatic heterocycles. The Balaban J connectivity index is 0.000000134. The molecule has 0 unspecified atom stereocenters. The number of pyridine rings is 4. The second kappa shape index (κ2) is 21.5. The number of nitrogens with two attached hydrogens (primary N) is 1. The van der Waals surface area contributed by atoms with E-state index in [1.807, 2.05) is 63.6 Å². The van der Waals surface area contributed by atoms with Gasteiger partial charge in [-0.15, -0.1) is 0 Å². The molecule has 4 N–H and O–H groups in total. The van der Waals surface area contributed by atoms with Crippen LogP contribution in [0.2, 0.25) is 5.15 Å². The predicted molar refractivity (Wildman–Crippen MR) is 289 cm³/mol. The Kier molecular flexibility index (Phi) is 14.7. The lowest BCUT2D eigenvalue weighted by molar-refractivity contribution is 0.0222. The summed E-state index contributed by atoms with van der Waals surface area (Å²) in [6.07, 6.45) is 18.5. The van der Waals surface area contributed by atoms with E-state index in [0.717, 1.165) is 130 Å². The number of aromatic nitrogens is 10. The second-order valence-corrected chi connectivity index (χ2v) is 21.6. The number of nitrogens with zero attached hydrogens (tertiary/aromatic N) is 11. The fourth-order valence-electron chi connectivity index (χ4n) is 10.8. The number of amides is 1. The molecule has 2 fully saturated rings.